The second-order valence-corrected chi connectivity index (χ2v) is 8.73. The number of nitrogens with zero attached hydrogens (tertiary/aromatic N) is 4. The summed E-state index contributed by atoms with van der Waals surface area (Å²) in [5, 5.41) is 0. The van der Waals surface area contributed by atoms with Crippen LogP contribution in [0.15, 0.2) is 0 Å². The van der Waals surface area contributed by atoms with Crippen LogP contribution in [0.5, 0.6) is 0 Å². The third-order valence-electron chi connectivity index (χ3n) is 5.32. The van der Waals surface area contributed by atoms with Crippen LogP contribution in [0.2, 0.25) is 0 Å². The van der Waals surface area contributed by atoms with E-state index in [1.807, 2.05) is 30.6 Å². The fourth-order valence-electron chi connectivity index (χ4n) is 4.24. The van der Waals surface area contributed by atoms with E-state index < -0.39 is 5.60 Å². The lowest BCUT2D eigenvalue weighted by Gasteiger charge is -2.58. The predicted octanol–water partition coefficient (Wildman–Crippen LogP) is 1.83. The molecule has 4 heterocycles. The first-order valence-corrected chi connectivity index (χ1v) is 9.45. The van der Waals surface area contributed by atoms with Gasteiger partial charge in [0.25, 0.3) is 0 Å². The van der Waals surface area contributed by atoms with Crippen LogP contribution in [-0.2, 0) is 4.74 Å². The van der Waals surface area contributed by atoms with Crippen molar-refractivity contribution in [3.05, 3.63) is 0 Å². The standard InChI is InChI=1S/C18H32N4O3/c1-13(2)22-14-10-15(22)12-21(11-14)16(23)19-6-8-20(9-7-19)17(24)25-18(3,4)5/h13-15H,6-12H2,1-5H3. The summed E-state index contributed by atoms with van der Waals surface area (Å²) < 4.78 is 5.41. The summed E-state index contributed by atoms with van der Waals surface area (Å²) in [4.78, 5) is 33.0. The van der Waals surface area contributed by atoms with Crippen molar-refractivity contribution < 1.29 is 14.3 Å². The van der Waals surface area contributed by atoms with Gasteiger partial charge in [-0.25, -0.2) is 9.59 Å². The molecule has 0 aromatic carbocycles. The fraction of sp³-hybridized carbons (Fsp3) is 0.889. The molecule has 0 aliphatic carbocycles. The van der Waals surface area contributed by atoms with E-state index in [1.54, 1.807) is 4.90 Å². The monoisotopic (exact) mass is 352 g/mol. The molecule has 7 heteroatoms. The van der Waals surface area contributed by atoms with Gasteiger partial charge in [0.05, 0.1) is 0 Å². The number of urea groups is 1. The summed E-state index contributed by atoms with van der Waals surface area (Å²) in [6, 6.07) is 1.72. The van der Waals surface area contributed by atoms with Gasteiger partial charge in [-0.05, 0) is 41.0 Å². The molecule has 2 atom stereocenters. The molecule has 4 rings (SSSR count). The molecule has 0 aromatic rings. The lowest BCUT2D eigenvalue weighted by Crippen LogP contribution is -2.72. The summed E-state index contributed by atoms with van der Waals surface area (Å²) in [5.74, 6) is 0. The summed E-state index contributed by atoms with van der Waals surface area (Å²) in [7, 11) is 0. The average Bonchev–Trinajstić information content (AvgIpc) is 2.52. The maximum Gasteiger partial charge on any atom is 0.410 e. The van der Waals surface area contributed by atoms with Crippen molar-refractivity contribution in [2.45, 2.75) is 64.8 Å². The molecule has 4 aliphatic heterocycles. The topological polar surface area (TPSA) is 56.3 Å². The first-order chi connectivity index (χ1) is 11.7. The Morgan fingerprint density at radius 3 is 1.92 bits per heavy atom. The quantitative estimate of drug-likeness (QED) is 0.722. The van der Waals surface area contributed by atoms with E-state index in [1.165, 1.54) is 6.42 Å². The lowest BCUT2D eigenvalue weighted by molar-refractivity contribution is -0.0785. The van der Waals surface area contributed by atoms with Gasteiger partial charge in [0.1, 0.15) is 5.60 Å². The predicted molar refractivity (Wildman–Crippen MR) is 95.5 cm³/mol. The molecular formula is C18H32N4O3. The first-order valence-electron chi connectivity index (χ1n) is 9.45. The zero-order chi connectivity index (χ0) is 18.4. The van der Waals surface area contributed by atoms with Crippen LogP contribution < -0.4 is 0 Å². The molecule has 0 aromatic heterocycles. The number of amides is 3. The highest BCUT2D eigenvalue weighted by molar-refractivity contribution is 5.75. The Morgan fingerprint density at radius 1 is 0.920 bits per heavy atom. The van der Waals surface area contributed by atoms with E-state index >= 15 is 0 Å². The molecule has 3 amide bonds. The third kappa shape index (κ3) is 3.86. The van der Waals surface area contributed by atoms with Gasteiger partial charge in [0.15, 0.2) is 0 Å². The Kier molecular flexibility index (Phi) is 4.88. The van der Waals surface area contributed by atoms with Gasteiger partial charge in [0, 0.05) is 57.4 Å². The average molecular weight is 352 g/mol. The molecule has 2 unspecified atom stereocenters. The zero-order valence-corrected chi connectivity index (χ0v) is 16.2. The number of rotatable bonds is 1. The van der Waals surface area contributed by atoms with Crippen molar-refractivity contribution in [1.29, 1.82) is 0 Å². The summed E-state index contributed by atoms with van der Waals surface area (Å²) in [6.07, 6.45) is 0.931. The van der Waals surface area contributed by atoms with E-state index in [0.717, 1.165) is 13.1 Å². The van der Waals surface area contributed by atoms with Crippen LogP contribution in [0.25, 0.3) is 0 Å². The first kappa shape index (κ1) is 18.3. The van der Waals surface area contributed by atoms with Gasteiger partial charge in [-0.1, -0.05) is 0 Å². The van der Waals surface area contributed by atoms with Crippen molar-refractivity contribution in [3.63, 3.8) is 0 Å². The van der Waals surface area contributed by atoms with E-state index in [9.17, 15) is 9.59 Å². The minimum Gasteiger partial charge on any atom is -0.444 e. The number of piperazine rings is 2. The molecular weight excluding hydrogens is 320 g/mol. The molecule has 4 aliphatic rings. The number of fused-ring (bicyclic) bond motifs is 2. The molecule has 2 bridgehead atoms. The molecule has 4 fully saturated rings. The molecule has 142 valence electrons. The van der Waals surface area contributed by atoms with Crippen LogP contribution in [0.4, 0.5) is 9.59 Å². The molecule has 25 heavy (non-hydrogen) atoms. The Labute approximate surface area is 150 Å². The van der Waals surface area contributed by atoms with Crippen molar-refractivity contribution in [1.82, 2.24) is 19.6 Å². The Balaban J connectivity index is 1.47. The summed E-state index contributed by atoms with van der Waals surface area (Å²) in [5.41, 5.74) is -0.485. The molecule has 4 saturated heterocycles. The van der Waals surface area contributed by atoms with Crippen LogP contribution in [0, 0.1) is 0 Å². The van der Waals surface area contributed by atoms with Gasteiger partial charge in [0.2, 0.25) is 0 Å². The van der Waals surface area contributed by atoms with Crippen LogP contribution >= 0.6 is 0 Å². The molecule has 0 saturated carbocycles. The van der Waals surface area contributed by atoms with Gasteiger partial charge < -0.3 is 19.4 Å². The normalized spacial score (nSPS) is 27.4. The minimum atomic E-state index is -0.485. The van der Waals surface area contributed by atoms with Crippen molar-refractivity contribution in [3.8, 4) is 0 Å². The molecule has 0 N–H and O–H groups in total. The summed E-state index contributed by atoms with van der Waals surface area (Å²) in [6.45, 7) is 14.0. The van der Waals surface area contributed by atoms with Crippen LogP contribution in [0.1, 0.15) is 41.0 Å². The smallest absolute Gasteiger partial charge is 0.410 e. The van der Waals surface area contributed by atoms with E-state index in [2.05, 4.69) is 18.7 Å². The van der Waals surface area contributed by atoms with Gasteiger partial charge in [-0.15, -0.1) is 0 Å². The number of hydrogen-bond acceptors (Lipinski definition) is 4. The SMILES string of the molecule is CC(C)N1C2CC1CN(C(=O)N1CCN(C(=O)OC(C)(C)C)CC1)C2. The van der Waals surface area contributed by atoms with Gasteiger partial charge >= 0.3 is 12.1 Å². The largest absolute Gasteiger partial charge is 0.444 e. The van der Waals surface area contributed by atoms with Crippen molar-refractivity contribution >= 4 is 12.1 Å². The number of carbonyl (C=O) groups excluding carboxylic acids is 2. The van der Waals surface area contributed by atoms with Gasteiger partial charge in [-0.3, -0.25) is 4.90 Å². The maximum atomic E-state index is 12.8. The van der Waals surface area contributed by atoms with Crippen molar-refractivity contribution in [2.75, 3.05) is 39.3 Å². The van der Waals surface area contributed by atoms with Crippen LogP contribution in [-0.4, -0.2) is 94.7 Å². The number of hydrogen-bond donors (Lipinski definition) is 0. The lowest BCUT2D eigenvalue weighted by atomic mass is 9.86. The minimum absolute atomic E-state index is 0.127. The van der Waals surface area contributed by atoms with E-state index in [0.29, 0.717) is 44.3 Å². The van der Waals surface area contributed by atoms with Gasteiger partial charge in [-0.2, -0.15) is 0 Å². The maximum absolute atomic E-state index is 12.8. The van der Waals surface area contributed by atoms with E-state index in [-0.39, 0.29) is 12.1 Å². The Bertz CT molecular complexity index is 511. The van der Waals surface area contributed by atoms with Crippen LogP contribution in [0.3, 0.4) is 0 Å². The Hall–Kier alpha value is -1.50. The number of carbonyl (C=O) groups is 2. The number of ether oxygens (including phenoxy) is 1. The highest BCUT2D eigenvalue weighted by Gasteiger charge is 2.47. The highest BCUT2D eigenvalue weighted by atomic mass is 16.6. The fourth-order valence-corrected chi connectivity index (χ4v) is 4.24. The van der Waals surface area contributed by atoms with E-state index in [4.69, 9.17) is 4.74 Å². The third-order valence-corrected chi connectivity index (χ3v) is 5.32. The Morgan fingerprint density at radius 2 is 1.44 bits per heavy atom. The highest BCUT2D eigenvalue weighted by Crippen LogP contribution is 2.34. The zero-order valence-electron chi connectivity index (χ0n) is 16.2. The van der Waals surface area contributed by atoms with Crippen molar-refractivity contribution in [2.24, 2.45) is 0 Å². The summed E-state index contributed by atoms with van der Waals surface area (Å²) >= 11 is 0. The molecule has 0 radical (unpaired) electrons. The number of piperidine rings is 1. The molecule has 0 spiro atoms. The second-order valence-electron chi connectivity index (χ2n) is 8.73. The second kappa shape index (κ2) is 6.67. The molecule has 7 nitrogen and oxygen atoms in total.